The summed E-state index contributed by atoms with van der Waals surface area (Å²) in [6.45, 7) is -0.328. The van der Waals surface area contributed by atoms with Gasteiger partial charge in [0.2, 0.25) is 11.8 Å². The number of hydrogen-bond donors (Lipinski definition) is 3. The molecule has 0 aliphatic heterocycles. The first-order valence-electron chi connectivity index (χ1n) is 7.19. The van der Waals surface area contributed by atoms with E-state index in [-0.39, 0.29) is 24.2 Å². The Hall–Kier alpha value is -2.80. The number of hydrogen-bond acceptors (Lipinski definition) is 3. The number of aliphatic hydroxyl groups excluding tert-OH is 1. The second kappa shape index (κ2) is 8.16. The molecule has 0 saturated heterocycles. The molecule has 2 rings (SSSR count). The molecule has 0 radical (unpaired) electrons. The van der Waals surface area contributed by atoms with E-state index in [1.807, 2.05) is 0 Å². The molecular formula is C17H16F2N2O3. The lowest BCUT2D eigenvalue weighted by Gasteiger charge is -2.11. The third-order valence-electron chi connectivity index (χ3n) is 3.17. The number of carbonyl (C=O) groups excluding carboxylic acids is 2. The van der Waals surface area contributed by atoms with Crippen molar-refractivity contribution in [1.82, 2.24) is 5.32 Å². The lowest BCUT2D eigenvalue weighted by atomic mass is 10.1. The van der Waals surface area contributed by atoms with Crippen LogP contribution >= 0.6 is 0 Å². The molecule has 24 heavy (non-hydrogen) atoms. The molecule has 3 N–H and O–H groups in total. The van der Waals surface area contributed by atoms with Crippen LogP contribution in [0.2, 0.25) is 0 Å². The lowest BCUT2D eigenvalue weighted by molar-refractivity contribution is -0.125. The number of anilines is 1. The van der Waals surface area contributed by atoms with Crippen molar-refractivity contribution in [3.63, 3.8) is 0 Å². The summed E-state index contributed by atoms with van der Waals surface area (Å²) >= 11 is 0. The maximum absolute atomic E-state index is 13.1. The van der Waals surface area contributed by atoms with E-state index < -0.39 is 29.6 Å². The average Bonchev–Trinajstić information content (AvgIpc) is 2.53. The minimum atomic E-state index is -1.17. The van der Waals surface area contributed by atoms with Gasteiger partial charge in [0.15, 0.2) is 0 Å². The van der Waals surface area contributed by atoms with Gasteiger partial charge in [-0.25, -0.2) is 8.78 Å². The van der Waals surface area contributed by atoms with Crippen molar-refractivity contribution in [2.45, 2.75) is 12.5 Å². The fraction of sp³-hybridized carbons (Fsp3) is 0.176. The first-order chi connectivity index (χ1) is 11.4. The number of aliphatic hydroxyl groups is 1. The summed E-state index contributed by atoms with van der Waals surface area (Å²) in [4.78, 5) is 23.4. The summed E-state index contributed by atoms with van der Waals surface area (Å²) < 4.78 is 26.1. The first-order valence-corrected chi connectivity index (χ1v) is 7.19. The largest absolute Gasteiger partial charge is 0.388 e. The van der Waals surface area contributed by atoms with Crippen molar-refractivity contribution in [3.05, 3.63) is 65.7 Å². The highest BCUT2D eigenvalue weighted by atomic mass is 19.1. The summed E-state index contributed by atoms with van der Waals surface area (Å²) in [5.74, 6) is -2.10. The maximum Gasteiger partial charge on any atom is 0.243 e. The van der Waals surface area contributed by atoms with Crippen LogP contribution in [0.3, 0.4) is 0 Å². The van der Waals surface area contributed by atoms with Gasteiger partial charge in [0, 0.05) is 5.69 Å². The Morgan fingerprint density at radius 1 is 1.00 bits per heavy atom. The molecule has 0 aliphatic rings. The summed E-state index contributed by atoms with van der Waals surface area (Å²) in [5.41, 5.74) is 0.545. The maximum atomic E-state index is 13.1. The molecule has 1 atom stereocenters. The second-order valence-electron chi connectivity index (χ2n) is 5.11. The number of rotatable bonds is 6. The number of nitrogens with one attached hydrogen (secondary N) is 2. The van der Waals surface area contributed by atoms with E-state index in [2.05, 4.69) is 10.6 Å². The van der Waals surface area contributed by atoms with Crippen LogP contribution in [0.1, 0.15) is 18.1 Å². The minimum absolute atomic E-state index is 0.272. The third kappa shape index (κ3) is 5.44. The highest BCUT2D eigenvalue weighted by Gasteiger charge is 2.14. The molecule has 0 fully saturated rings. The van der Waals surface area contributed by atoms with Gasteiger partial charge in [0.1, 0.15) is 11.6 Å². The van der Waals surface area contributed by atoms with Gasteiger partial charge in [-0.15, -0.1) is 0 Å². The Balaban J connectivity index is 1.79. The molecule has 2 aromatic rings. The van der Waals surface area contributed by atoms with Gasteiger partial charge >= 0.3 is 0 Å². The van der Waals surface area contributed by atoms with Crippen LogP contribution in [0.5, 0.6) is 0 Å². The molecule has 0 spiro atoms. The summed E-state index contributed by atoms with van der Waals surface area (Å²) in [6.07, 6.45) is -1.48. The normalized spacial score (nSPS) is 11.6. The first kappa shape index (κ1) is 17.6. The lowest BCUT2D eigenvalue weighted by Crippen LogP contribution is -2.33. The number of amides is 2. The Morgan fingerprint density at radius 2 is 1.67 bits per heavy atom. The topological polar surface area (TPSA) is 78.4 Å². The predicted octanol–water partition coefficient (Wildman–Crippen LogP) is 2.14. The van der Waals surface area contributed by atoms with Gasteiger partial charge in [-0.3, -0.25) is 9.59 Å². The quantitative estimate of drug-likeness (QED) is 0.757. The molecule has 7 heteroatoms. The Kier molecular flexibility index (Phi) is 5.97. The van der Waals surface area contributed by atoms with Crippen molar-refractivity contribution in [1.29, 1.82) is 0 Å². The SMILES string of the molecule is O=C(CC(O)c1cccc(F)c1)NCC(=O)Nc1cccc(F)c1. The zero-order valence-corrected chi connectivity index (χ0v) is 12.6. The van der Waals surface area contributed by atoms with E-state index in [0.717, 1.165) is 12.1 Å². The van der Waals surface area contributed by atoms with Crippen LogP contribution in [-0.2, 0) is 9.59 Å². The Bertz CT molecular complexity index is 737. The van der Waals surface area contributed by atoms with Crippen molar-refractivity contribution in [2.75, 3.05) is 11.9 Å². The summed E-state index contributed by atoms with van der Waals surface area (Å²) in [5, 5.41) is 14.6. The molecular weight excluding hydrogens is 318 g/mol. The van der Waals surface area contributed by atoms with Crippen LogP contribution < -0.4 is 10.6 Å². The molecule has 126 valence electrons. The van der Waals surface area contributed by atoms with E-state index in [1.54, 1.807) is 0 Å². The number of halogens is 2. The van der Waals surface area contributed by atoms with Crippen molar-refractivity contribution >= 4 is 17.5 Å². The predicted molar refractivity (Wildman–Crippen MR) is 84.0 cm³/mol. The number of benzene rings is 2. The Morgan fingerprint density at radius 3 is 2.33 bits per heavy atom. The third-order valence-corrected chi connectivity index (χ3v) is 3.17. The van der Waals surface area contributed by atoms with Crippen LogP contribution in [0.4, 0.5) is 14.5 Å². The van der Waals surface area contributed by atoms with E-state index in [0.29, 0.717) is 0 Å². The molecule has 2 amide bonds. The molecule has 0 saturated carbocycles. The van der Waals surface area contributed by atoms with Gasteiger partial charge in [-0.1, -0.05) is 18.2 Å². The fourth-order valence-electron chi connectivity index (χ4n) is 2.03. The van der Waals surface area contributed by atoms with Crippen molar-refractivity contribution in [3.8, 4) is 0 Å². The monoisotopic (exact) mass is 334 g/mol. The van der Waals surface area contributed by atoms with Crippen LogP contribution in [0, 0.1) is 11.6 Å². The smallest absolute Gasteiger partial charge is 0.243 e. The molecule has 2 aromatic carbocycles. The highest BCUT2D eigenvalue weighted by molar-refractivity contribution is 5.94. The Labute approximate surface area is 137 Å². The molecule has 0 bridgehead atoms. The van der Waals surface area contributed by atoms with Gasteiger partial charge in [0.25, 0.3) is 0 Å². The molecule has 1 unspecified atom stereocenters. The van der Waals surface area contributed by atoms with Gasteiger partial charge in [-0.05, 0) is 35.9 Å². The van der Waals surface area contributed by atoms with Crippen LogP contribution in [-0.4, -0.2) is 23.5 Å². The van der Waals surface area contributed by atoms with E-state index >= 15 is 0 Å². The van der Waals surface area contributed by atoms with Gasteiger partial charge in [-0.2, -0.15) is 0 Å². The minimum Gasteiger partial charge on any atom is -0.388 e. The molecule has 0 aromatic heterocycles. The van der Waals surface area contributed by atoms with Crippen molar-refractivity contribution < 1.29 is 23.5 Å². The number of carbonyl (C=O) groups is 2. The fourth-order valence-corrected chi connectivity index (χ4v) is 2.03. The summed E-state index contributed by atoms with van der Waals surface area (Å²) in [6, 6.07) is 10.6. The highest BCUT2D eigenvalue weighted by Crippen LogP contribution is 2.17. The van der Waals surface area contributed by atoms with Gasteiger partial charge < -0.3 is 15.7 Å². The molecule has 5 nitrogen and oxygen atoms in total. The summed E-state index contributed by atoms with van der Waals surface area (Å²) in [7, 11) is 0. The van der Waals surface area contributed by atoms with Gasteiger partial charge in [0.05, 0.1) is 19.1 Å². The zero-order chi connectivity index (χ0) is 17.5. The zero-order valence-electron chi connectivity index (χ0n) is 12.6. The van der Waals surface area contributed by atoms with E-state index in [9.17, 15) is 23.5 Å². The van der Waals surface area contributed by atoms with Crippen molar-refractivity contribution in [2.24, 2.45) is 0 Å². The van der Waals surface area contributed by atoms with Crippen LogP contribution in [0.15, 0.2) is 48.5 Å². The molecule has 0 aliphatic carbocycles. The average molecular weight is 334 g/mol. The van der Waals surface area contributed by atoms with E-state index in [1.165, 1.54) is 36.4 Å². The van der Waals surface area contributed by atoms with Crippen LogP contribution in [0.25, 0.3) is 0 Å². The molecule has 0 heterocycles. The van der Waals surface area contributed by atoms with E-state index in [4.69, 9.17) is 0 Å². The second-order valence-corrected chi connectivity index (χ2v) is 5.11. The standard InChI is InChI=1S/C17H16F2N2O3/c18-12-4-1-3-11(7-12)15(22)9-16(23)20-10-17(24)21-14-6-2-5-13(19)8-14/h1-8,15,22H,9-10H2,(H,20,23)(H,21,24).